The predicted molar refractivity (Wildman–Crippen MR) is 89.2 cm³/mol. The van der Waals surface area contributed by atoms with Crippen LogP contribution in [0.15, 0.2) is 29.0 Å². The Balaban J connectivity index is 1.36. The van der Waals surface area contributed by atoms with Gasteiger partial charge in [-0.3, -0.25) is 9.78 Å². The van der Waals surface area contributed by atoms with Gasteiger partial charge >= 0.3 is 0 Å². The summed E-state index contributed by atoms with van der Waals surface area (Å²) < 4.78 is 10.9. The van der Waals surface area contributed by atoms with E-state index >= 15 is 0 Å². The van der Waals surface area contributed by atoms with Crippen LogP contribution >= 0.6 is 0 Å². The summed E-state index contributed by atoms with van der Waals surface area (Å²) in [5.74, 6) is 2.18. The highest BCUT2D eigenvalue weighted by molar-refractivity contribution is 5.94. The first-order chi connectivity index (χ1) is 12.3. The Kier molecular flexibility index (Phi) is 4.74. The molecule has 0 radical (unpaired) electrons. The molecule has 2 saturated heterocycles. The molecule has 0 aliphatic carbocycles. The molecule has 0 spiro atoms. The molecule has 0 aromatic carbocycles. The average molecular weight is 342 g/mol. The van der Waals surface area contributed by atoms with Crippen molar-refractivity contribution in [2.75, 3.05) is 26.3 Å². The van der Waals surface area contributed by atoms with E-state index in [4.69, 9.17) is 9.26 Å². The molecule has 1 amide bonds. The summed E-state index contributed by atoms with van der Waals surface area (Å²) in [6, 6.07) is 3.51. The van der Waals surface area contributed by atoms with E-state index in [1.54, 1.807) is 24.5 Å². The molecule has 4 rings (SSSR count). The fourth-order valence-electron chi connectivity index (χ4n) is 3.54. The van der Waals surface area contributed by atoms with Gasteiger partial charge in [0.15, 0.2) is 5.82 Å². The van der Waals surface area contributed by atoms with Crippen molar-refractivity contribution in [2.45, 2.75) is 37.5 Å². The third-order valence-electron chi connectivity index (χ3n) is 5.10. The molecule has 0 saturated carbocycles. The Morgan fingerprint density at radius 3 is 2.48 bits per heavy atom. The first kappa shape index (κ1) is 16.2. The van der Waals surface area contributed by atoms with Gasteiger partial charge < -0.3 is 14.2 Å². The quantitative estimate of drug-likeness (QED) is 0.852. The van der Waals surface area contributed by atoms with Crippen LogP contribution in [0, 0.1) is 0 Å². The number of hydrogen-bond donors (Lipinski definition) is 0. The Labute approximate surface area is 146 Å². The maximum absolute atomic E-state index is 12.5. The molecule has 2 aromatic rings. The van der Waals surface area contributed by atoms with Crippen LogP contribution in [0.2, 0.25) is 0 Å². The summed E-state index contributed by atoms with van der Waals surface area (Å²) >= 11 is 0. The van der Waals surface area contributed by atoms with Crippen molar-refractivity contribution in [3.63, 3.8) is 0 Å². The zero-order valence-electron chi connectivity index (χ0n) is 14.1. The van der Waals surface area contributed by atoms with Crippen LogP contribution in [0.25, 0.3) is 0 Å². The maximum Gasteiger partial charge on any atom is 0.253 e. The van der Waals surface area contributed by atoms with Crippen molar-refractivity contribution in [1.82, 2.24) is 20.0 Å². The molecular formula is C18H22N4O3. The van der Waals surface area contributed by atoms with Crippen LogP contribution in [0.3, 0.4) is 0 Å². The van der Waals surface area contributed by atoms with Crippen LogP contribution in [-0.4, -0.2) is 52.2 Å². The SMILES string of the molecule is O=C(c1ccncc1)N1CCC(c2nc(C3CCOCC3)no2)CC1. The molecule has 132 valence electrons. The van der Waals surface area contributed by atoms with Gasteiger partial charge in [0, 0.05) is 56.1 Å². The number of pyridine rings is 1. The number of likely N-dealkylation sites (tertiary alicyclic amines) is 1. The molecule has 2 aliphatic heterocycles. The van der Waals surface area contributed by atoms with E-state index in [0.717, 1.165) is 50.6 Å². The number of nitrogens with zero attached hydrogens (tertiary/aromatic N) is 4. The van der Waals surface area contributed by atoms with E-state index < -0.39 is 0 Å². The van der Waals surface area contributed by atoms with E-state index in [2.05, 4.69) is 15.1 Å². The summed E-state index contributed by atoms with van der Waals surface area (Å²) in [5.41, 5.74) is 0.688. The van der Waals surface area contributed by atoms with Gasteiger partial charge in [0.1, 0.15) is 0 Å². The first-order valence-corrected chi connectivity index (χ1v) is 8.92. The first-order valence-electron chi connectivity index (χ1n) is 8.92. The van der Waals surface area contributed by atoms with Gasteiger partial charge in [0.25, 0.3) is 5.91 Å². The van der Waals surface area contributed by atoms with Crippen molar-refractivity contribution in [3.8, 4) is 0 Å². The number of aromatic nitrogens is 3. The fourth-order valence-corrected chi connectivity index (χ4v) is 3.54. The molecule has 4 heterocycles. The van der Waals surface area contributed by atoms with Gasteiger partial charge in [-0.2, -0.15) is 4.98 Å². The largest absolute Gasteiger partial charge is 0.381 e. The lowest BCUT2D eigenvalue weighted by molar-refractivity contribution is 0.0704. The van der Waals surface area contributed by atoms with Gasteiger partial charge in [-0.1, -0.05) is 5.16 Å². The van der Waals surface area contributed by atoms with Crippen LogP contribution in [-0.2, 0) is 4.74 Å². The summed E-state index contributed by atoms with van der Waals surface area (Å²) in [6.45, 7) is 2.95. The predicted octanol–water partition coefficient (Wildman–Crippen LogP) is 2.38. The fraction of sp³-hybridized carbons (Fsp3) is 0.556. The molecule has 2 fully saturated rings. The number of amides is 1. The lowest BCUT2D eigenvalue weighted by Crippen LogP contribution is -2.38. The average Bonchev–Trinajstić information content (AvgIpc) is 3.19. The monoisotopic (exact) mass is 342 g/mol. The molecule has 7 nitrogen and oxygen atoms in total. The van der Waals surface area contributed by atoms with Crippen molar-refractivity contribution >= 4 is 5.91 Å². The topological polar surface area (TPSA) is 81.4 Å². The normalized spacial score (nSPS) is 19.9. The van der Waals surface area contributed by atoms with E-state index in [-0.39, 0.29) is 11.8 Å². The van der Waals surface area contributed by atoms with Crippen molar-refractivity contribution in [1.29, 1.82) is 0 Å². The molecule has 2 aromatic heterocycles. The molecular weight excluding hydrogens is 320 g/mol. The van der Waals surface area contributed by atoms with E-state index in [0.29, 0.717) is 24.6 Å². The van der Waals surface area contributed by atoms with Crippen LogP contribution in [0.4, 0.5) is 0 Å². The Hall–Kier alpha value is -2.28. The Morgan fingerprint density at radius 2 is 1.76 bits per heavy atom. The Morgan fingerprint density at radius 1 is 1.04 bits per heavy atom. The number of hydrogen-bond acceptors (Lipinski definition) is 6. The Bertz CT molecular complexity index is 704. The van der Waals surface area contributed by atoms with E-state index in [9.17, 15) is 4.79 Å². The van der Waals surface area contributed by atoms with Gasteiger partial charge in [0.05, 0.1) is 0 Å². The maximum atomic E-state index is 12.5. The number of piperidine rings is 1. The van der Waals surface area contributed by atoms with Crippen LogP contribution in [0.1, 0.15) is 59.6 Å². The molecule has 0 atom stereocenters. The summed E-state index contributed by atoms with van der Waals surface area (Å²) in [7, 11) is 0. The molecule has 0 N–H and O–H groups in total. The minimum Gasteiger partial charge on any atom is -0.381 e. The number of ether oxygens (including phenoxy) is 1. The van der Waals surface area contributed by atoms with Gasteiger partial charge in [-0.25, -0.2) is 0 Å². The third kappa shape index (κ3) is 3.56. The number of rotatable bonds is 3. The number of carbonyl (C=O) groups is 1. The second-order valence-electron chi connectivity index (χ2n) is 6.68. The third-order valence-corrected chi connectivity index (χ3v) is 5.10. The van der Waals surface area contributed by atoms with Gasteiger partial charge in [-0.05, 0) is 37.8 Å². The van der Waals surface area contributed by atoms with Crippen molar-refractivity contribution in [3.05, 3.63) is 41.8 Å². The highest BCUT2D eigenvalue weighted by atomic mass is 16.5. The zero-order chi connectivity index (χ0) is 17.1. The molecule has 0 unspecified atom stereocenters. The smallest absolute Gasteiger partial charge is 0.253 e. The molecule has 25 heavy (non-hydrogen) atoms. The van der Waals surface area contributed by atoms with Gasteiger partial charge in [0.2, 0.25) is 5.89 Å². The van der Waals surface area contributed by atoms with E-state index in [1.165, 1.54) is 0 Å². The van der Waals surface area contributed by atoms with E-state index in [1.807, 2.05) is 4.90 Å². The zero-order valence-corrected chi connectivity index (χ0v) is 14.1. The lowest BCUT2D eigenvalue weighted by Gasteiger charge is -2.30. The minimum atomic E-state index is 0.0641. The lowest BCUT2D eigenvalue weighted by atomic mass is 9.96. The minimum absolute atomic E-state index is 0.0641. The van der Waals surface area contributed by atoms with Crippen LogP contribution < -0.4 is 0 Å². The van der Waals surface area contributed by atoms with Crippen molar-refractivity contribution < 1.29 is 14.1 Å². The van der Waals surface area contributed by atoms with Crippen LogP contribution in [0.5, 0.6) is 0 Å². The summed E-state index contributed by atoms with van der Waals surface area (Å²) in [6.07, 6.45) is 6.92. The summed E-state index contributed by atoms with van der Waals surface area (Å²) in [4.78, 5) is 23.0. The second kappa shape index (κ2) is 7.31. The number of carbonyl (C=O) groups excluding carboxylic acids is 1. The van der Waals surface area contributed by atoms with Crippen molar-refractivity contribution in [2.24, 2.45) is 0 Å². The summed E-state index contributed by atoms with van der Waals surface area (Å²) in [5, 5.41) is 4.19. The highest BCUT2D eigenvalue weighted by Crippen LogP contribution is 2.30. The second-order valence-corrected chi connectivity index (χ2v) is 6.68. The molecule has 7 heteroatoms. The molecule has 2 aliphatic rings. The molecule has 0 bridgehead atoms. The highest BCUT2D eigenvalue weighted by Gasteiger charge is 2.29. The standard InChI is InChI=1S/C18H22N4O3/c23-18(15-1-7-19-8-2-15)22-9-3-14(4-10-22)17-20-16(21-25-17)13-5-11-24-12-6-13/h1-2,7-8,13-14H,3-6,9-12H2. The van der Waals surface area contributed by atoms with Gasteiger partial charge in [-0.15, -0.1) is 0 Å².